The molecule has 0 radical (unpaired) electrons. The first-order valence-electron chi connectivity index (χ1n) is 14.3. The van der Waals surface area contributed by atoms with Crippen molar-refractivity contribution in [3.8, 4) is 5.75 Å². The number of methoxy groups -OCH3 is 1. The number of nitrogens with one attached hydrogen (secondary N) is 1. The summed E-state index contributed by atoms with van der Waals surface area (Å²) in [4.78, 5) is 29.2. The fraction of sp³-hybridized carbons (Fsp3) is 0.265. The predicted octanol–water partition coefficient (Wildman–Crippen LogP) is 5.77. The summed E-state index contributed by atoms with van der Waals surface area (Å²) in [5, 5.41) is 2.65. The summed E-state index contributed by atoms with van der Waals surface area (Å²) in [6, 6.07) is 35.6. The van der Waals surface area contributed by atoms with Crippen molar-refractivity contribution in [1.29, 1.82) is 0 Å². The number of nitrogens with zero attached hydrogens (tertiary/aromatic N) is 3. The van der Waals surface area contributed by atoms with Gasteiger partial charge in [-0.3, -0.25) is 24.3 Å². The van der Waals surface area contributed by atoms with Gasteiger partial charge in [-0.15, -0.1) is 0 Å². The Morgan fingerprint density at radius 2 is 1.44 bits per heavy atom. The first-order valence-corrected chi connectivity index (χ1v) is 14.7. The molecule has 4 aromatic rings. The highest BCUT2D eigenvalue weighted by molar-refractivity contribution is 6.30. The number of benzene rings is 4. The highest BCUT2D eigenvalue weighted by atomic mass is 35.5. The highest BCUT2D eigenvalue weighted by Crippen LogP contribution is 2.30. The molecule has 1 aliphatic heterocycles. The number of hydrogen-bond donors (Lipinski definition) is 1. The van der Waals surface area contributed by atoms with Crippen molar-refractivity contribution in [1.82, 2.24) is 20.3 Å². The fourth-order valence-electron chi connectivity index (χ4n) is 5.06. The van der Waals surface area contributed by atoms with E-state index in [-0.39, 0.29) is 25.4 Å². The SMILES string of the molecule is COc1ccc(CNOCN(CON2CCN(C(c3ccccc3)c3ccc(Cl)cc3)CC2)C(=O)c2ccccc2)cc1. The molecule has 0 aromatic heterocycles. The van der Waals surface area contributed by atoms with E-state index in [4.69, 9.17) is 26.0 Å². The van der Waals surface area contributed by atoms with Gasteiger partial charge < -0.3 is 4.74 Å². The van der Waals surface area contributed by atoms with Gasteiger partial charge in [-0.1, -0.05) is 84.4 Å². The zero-order valence-electron chi connectivity index (χ0n) is 24.3. The van der Waals surface area contributed by atoms with Crippen LogP contribution in [-0.4, -0.2) is 67.5 Å². The summed E-state index contributed by atoms with van der Waals surface area (Å²) in [5.74, 6) is 0.625. The predicted molar refractivity (Wildman–Crippen MR) is 167 cm³/mol. The zero-order chi connectivity index (χ0) is 29.9. The van der Waals surface area contributed by atoms with Crippen LogP contribution in [0.25, 0.3) is 0 Å². The summed E-state index contributed by atoms with van der Waals surface area (Å²) >= 11 is 6.19. The number of hydroxylamine groups is 3. The first kappa shape index (κ1) is 30.7. The molecule has 0 bridgehead atoms. The Kier molecular flexibility index (Phi) is 11.2. The van der Waals surface area contributed by atoms with Crippen molar-refractivity contribution in [2.75, 3.05) is 46.8 Å². The van der Waals surface area contributed by atoms with Crippen molar-refractivity contribution in [3.63, 3.8) is 0 Å². The molecule has 0 aliphatic carbocycles. The number of halogens is 1. The average Bonchev–Trinajstić information content (AvgIpc) is 3.07. The third-order valence-electron chi connectivity index (χ3n) is 7.40. The van der Waals surface area contributed by atoms with E-state index in [1.54, 1.807) is 24.1 Å². The third kappa shape index (κ3) is 8.64. The van der Waals surface area contributed by atoms with Crippen LogP contribution >= 0.6 is 11.6 Å². The van der Waals surface area contributed by atoms with Gasteiger partial charge in [0.2, 0.25) is 0 Å². The highest BCUT2D eigenvalue weighted by Gasteiger charge is 2.27. The Balaban J connectivity index is 1.17. The van der Waals surface area contributed by atoms with Crippen molar-refractivity contribution < 1.29 is 19.2 Å². The van der Waals surface area contributed by atoms with Crippen molar-refractivity contribution >= 4 is 17.5 Å². The van der Waals surface area contributed by atoms with Crippen LogP contribution in [0, 0.1) is 0 Å². The lowest BCUT2D eigenvalue weighted by Crippen LogP contribution is -2.49. The summed E-state index contributed by atoms with van der Waals surface area (Å²) in [5.41, 5.74) is 6.98. The third-order valence-corrected chi connectivity index (χ3v) is 7.65. The van der Waals surface area contributed by atoms with Gasteiger partial charge in [0, 0.05) is 43.3 Å². The second-order valence-corrected chi connectivity index (χ2v) is 10.7. The maximum atomic E-state index is 13.3. The topological polar surface area (TPSA) is 66.5 Å². The van der Waals surface area contributed by atoms with Crippen molar-refractivity contribution in [3.05, 3.63) is 136 Å². The summed E-state index contributed by atoms with van der Waals surface area (Å²) in [7, 11) is 1.64. The lowest BCUT2D eigenvalue weighted by Gasteiger charge is -2.39. The minimum absolute atomic E-state index is 0.0243. The quantitative estimate of drug-likeness (QED) is 0.119. The molecule has 1 fully saturated rings. The van der Waals surface area contributed by atoms with Gasteiger partial charge in [-0.2, -0.15) is 10.5 Å². The summed E-state index contributed by atoms with van der Waals surface area (Å²) < 4.78 is 5.21. The molecule has 1 atom stereocenters. The molecule has 1 unspecified atom stereocenters. The lowest BCUT2D eigenvalue weighted by atomic mass is 9.96. The minimum Gasteiger partial charge on any atom is -0.497 e. The van der Waals surface area contributed by atoms with E-state index in [1.165, 1.54) is 11.1 Å². The van der Waals surface area contributed by atoms with E-state index in [1.807, 2.05) is 65.7 Å². The Bertz CT molecular complexity index is 1400. The van der Waals surface area contributed by atoms with E-state index in [9.17, 15) is 4.79 Å². The molecule has 224 valence electrons. The molecule has 1 N–H and O–H groups in total. The van der Waals surface area contributed by atoms with E-state index in [0.717, 1.165) is 29.4 Å². The first-order chi connectivity index (χ1) is 21.1. The molecule has 1 heterocycles. The van der Waals surface area contributed by atoms with E-state index >= 15 is 0 Å². The van der Waals surface area contributed by atoms with Gasteiger partial charge in [-0.05, 0) is 53.1 Å². The molecule has 0 spiro atoms. The van der Waals surface area contributed by atoms with E-state index in [0.29, 0.717) is 25.2 Å². The monoisotopic (exact) mass is 600 g/mol. The smallest absolute Gasteiger partial charge is 0.257 e. The Hall–Kier alpha value is -3.76. The molecule has 8 nitrogen and oxygen atoms in total. The molecule has 43 heavy (non-hydrogen) atoms. The summed E-state index contributed by atoms with van der Waals surface area (Å²) in [6.07, 6.45) is 0. The Morgan fingerprint density at radius 1 is 0.814 bits per heavy atom. The molecule has 0 saturated carbocycles. The molecule has 5 rings (SSSR count). The number of rotatable bonds is 13. The van der Waals surface area contributed by atoms with Crippen LogP contribution in [0.3, 0.4) is 0 Å². The van der Waals surface area contributed by atoms with Gasteiger partial charge in [0.15, 0.2) is 0 Å². The number of hydrogen-bond acceptors (Lipinski definition) is 7. The Labute approximate surface area is 258 Å². The van der Waals surface area contributed by atoms with Crippen LogP contribution in [0.15, 0.2) is 109 Å². The maximum absolute atomic E-state index is 13.3. The molecule has 9 heteroatoms. The maximum Gasteiger partial charge on any atom is 0.257 e. The molecule has 1 aliphatic rings. The normalized spacial score (nSPS) is 14.7. The van der Waals surface area contributed by atoms with E-state index < -0.39 is 0 Å². The van der Waals surface area contributed by atoms with Crippen LogP contribution in [0.5, 0.6) is 5.75 Å². The van der Waals surface area contributed by atoms with Gasteiger partial charge in [-0.25, -0.2) is 0 Å². The number of carbonyl (C=O) groups excluding carboxylic acids is 1. The van der Waals surface area contributed by atoms with Crippen LogP contribution in [0.1, 0.15) is 33.1 Å². The average molecular weight is 601 g/mol. The standard InChI is InChI=1S/C34H37ClN4O4/c1-41-32-18-12-27(13-19-32)24-36-42-25-38(34(40)30-10-6-3-7-11-30)26-43-39-22-20-37(21-23-39)33(28-8-4-2-5-9-28)29-14-16-31(35)17-15-29/h2-19,33,36H,20-26H2,1H3. The van der Waals surface area contributed by atoms with Gasteiger partial charge in [0.05, 0.1) is 13.2 Å². The molecular formula is C34H37ClN4O4. The zero-order valence-corrected chi connectivity index (χ0v) is 25.0. The fourth-order valence-corrected chi connectivity index (χ4v) is 5.18. The number of amides is 1. The van der Waals surface area contributed by atoms with Crippen LogP contribution in [0.2, 0.25) is 5.02 Å². The molecule has 1 amide bonds. The van der Waals surface area contributed by atoms with Crippen molar-refractivity contribution in [2.45, 2.75) is 12.6 Å². The largest absolute Gasteiger partial charge is 0.497 e. The number of piperazine rings is 1. The van der Waals surface area contributed by atoms with Crippen LogP contribution in [0.4, 0.5) is 0 Å². The van der Waals surface area contributed by atoms with Gasteiger partial charge >= 0.3 is 0 Å². The van der Waals surface area contributed by atoms with Crippen molar-refractivity contribution in [2.24, 2.45) is 0 Å². The Morgan fingerprint density at radius 3 is 2.09 bits per heavy atom. The molecule has 4 aromatic carbocycles. The van der Waals surface area contributed by atoms with Crippen LogP contribution < -0.4 is 10.2 Å². The van der Waals surface area contributed by atoms with E-state index in [2.05, 4.69) is 46.8 Å². The second-order valence-electron chi connectivity index (χ2n) is 10.2. The molecular weight excluding hydrogens is 564 g/mol. The lowest BCUT2D eigenvalue weighted by molar-refractivity contribution is -0.210. The summed E-state index contributed by atoms with van der Waals surface area (Å²) in [6.45, 7) is 3.56. The van der Waals surface area contributed by atoms with Gasteiger partial charge in [0.25, 0.3) is 5.91 Å². The number of ether oxygens (including phenoxy) is 1. The molecule has 1 saturated heterocycles. The van der Waals surface area contributed by atoms with Crippen LogP contribution in [-0.2, 0) is 16.2 Å². The second kappa shape index (κ2) is 15.6. The number of carbonyl (C=O) groups is 1. The van der Waals surface area contributed by atoms with Gasteiger partial charge in [0.1, 0.15) is 19.2 Å². The minimum atomic E-state index is -0.169.